The number of hydrogen-bond donors (Lipinski definition) is 1. The second-order valence-corrected chi connectivity index (χ2v) is 8.26. The Labute approximate surface area is 181 Å². The first-order chi connectivity index (χ1) is 15.1. The highest BCUT2D eigenvalue weighted by Crippen LogP contribution is 2.53. The normalized spacial score (nSPS) is 24.4. The van der Waals surface area contributed by atoms with Crippen LogP contribution in [0.25, 0.3) is 0 Å². The van der Waals surface area contributed by atoms with E-state index in [4.69, 9.17) is 4.98 Å². The van der Waals surface area contributed by atoms with E-state index in [0.29, 0.717) is 5.95 Å². The molecule has 0 fully saturated rings. The maximum atomic E-state index is 12.9. The summed E-state index contributed by atoms with van der Waals surface area (Å²) in [6.07, 6.45) is 5.41. The second kappa shape index (κ2) is 7.48. The van der Waals surface area contributed by atoms with Crippen molar-refractivity contribution in [3.8, 4) is 6.07 Å². The van der Waals surface area contributed by atoms with Crippen LogP contribution in [0, 0.1) is 23.2 Å². The van der Waals surface area contributed by atoms with Gasteiger partial charge in [-0.25, -0.2) is 9.97 Å². The number of fused-ring (bicyclic) bond motifs is 3. The van der Waals surface area contributed by atoms with Crippen molar-refractivity contribution in [1.29, 1.82) is 5.26 Å². The minimum Gasteiger partial charge on any atom is -0.324 e. The Morgan fingerprint density at radius 1 is 1.10 bits per heavy atom. The molecule has 1 N–H and O–H groups in total. The van der Waals surface area contributed by atoms with Gasteiger partial charge in [0.25, 0.3) is 0 Å². The van der Waals surface area contributed by atoms with Gasteiger partial charge in [0.1, 0.15) is 6.07 Å². The summed E-state index contributed by atoms with van der Waals surface area (Å²) >= 11 is 0. The molecule has 5 heteroatoms. The highest BCUT2D eigenvalue weighted by Gasteiger charge is 2.52. The molecule has 0 saturated heterocycles. The Kier molecular flexibility index (Phi) is 4.63. The van der Waals surface area contributed by atoms with Crippen molar-refractivity contribution in [3.63, 3.8) is 0 Å². The first-order valence-corrected chi connectivity index (χ1v) is 10.5. The van der Waals surface area contributed by atoms with Crippen LogP contribution >= 0.6 is 0 Å². The molecule has 5 nitrogen and oxygen atoms in total. The molecule has 3 atom stereocenters. The number of para-hydroxylation sites is 1. The van der Waals surface area contributed by atoms with E-state index >= 15 is 0 Å². The molecule has 0 spiro atoms. The molecule has 0 amide bonds. The minimum atomic E-state index is -0.636. The van der Waals surface area contributed by atoms with Gasteiger partial charge in [-0.15, -0.1) is 0 Å². The highest BCUT2D eigenvalue weighted by molar-refractivity contribution is 6.02. The number of nitrogens with one attached hydrogen (secondary N) is 1. The van der Waals surface area contributed by atoms with Crippen LogP contribution < -0.4 is 5.32 Å². The molecule has 0 saturated carbocycles. The molecule has 3 aromatic rings. The first kappa shape index (κ1) is 19.2. The number of benzene rings is 2. The number of allylic oxidation sites excluding steroid dienone is 2. The smallest absolute Gasteiger partial charge is 0.227 e. The molecule has 2 aliphatic carbocycles. The maximum Gasteiger partial charge on any atom is 0.227 e. The summed E-state index contributed by atoms with van der Waals surface area (Å²) in [4.78, 5) is 22.4. The summed E-state index contributed by atoms with van der Waals surface area (Å²) < 4.78 is 0. The van der Waals surface area contributed by atoms with Gasteiger partial charge in [-0.3, -0.25) is 4.79 Å². The highest BCUT2D eigenvalue weighted by atomic mass is 16.1. The predicted octanol–water partition coefficient (Wildman–Crippen LogP) is 4.74. The SMILES string of the molecule is C[C@@H]1C(=O)C(C#N)=C[C@]2(c3ccccc3)c3nc(Nc4ccccc4)ncc3CC[C@@H]12. The lowest BCUT2D eigenvalue weighted by Crippen LogP contribution is -2.48. The number of hydrogen-bond acceptors (Lipinski definition) is 5. The van der Waals surface area contributed by atoms with Gasteiger partial charge in [0, 0.05) is 17.8 Å². The fraction of sp³-hybridized carbons (Fsp3) is 0.231. The van der Waals surface area contributed by atoms with Gasteiger partial charge in [-0.2, -0.15) is 5.26 Å². The zero-order valence-corrected chi connectivity index (χ0v) is 17.2. The Morgan fingerprint density at radius 2 is 1.81 bits per heavy atom. The van der Waals surface area contributed by atoms with Crippen molar-refractivity contribution >= 4 is 17.4 Å². The number of aryl methyl sites for hydroxylation is 1. The van der Waals surface area contributed by atoms with Crippen LogP contribution in [0.15, 0.2) is 78.5 Å². The molecular weight excluding hydrogens is 384 g/mol. The number of Topliss-reactive ketones (excluding diaryl/α,β-unsaturated/α-hetero) is 1. The fourth-order valence-corrected chi connectivity index (χ4v) is 5.15. The molecule has 5 rings (SSSR count). The molecule has 31 heavy (non-hydrogen) atoms. The number of nitriles is 1. The van der Waals surface area contributed by atoms with E-state index in [0.717, 1.165) is 35.3 Å². The average Bonchev–Trinajstić information content (AvgIpc) is 2.82. The van der Waals surface area contributed by atoms with Crippen LogP contribution in [0.1, 0.15) is 30.2 Å². The minimum absolute atomic E-state index is 0.0338. The summed E-state index contributed by atoms with van der Waals surface area (Å²) in [5.74, 6) is 0.219. The third-order valence-corrected chi connectivity index (χ3v) is 6.62. The van der Waals surface area contributed by atoms with Crippen LogP contribution in [-0.2, 0) is 16.6 Å². The summed E-state index contributed by atoms with van der Waals surface area (Å²) in [5, 5.41) is 13.0. The summed E-state index contributed by atoms with van der Waals surface area (Å²) in [7, 11) is 0. The molecule has 2 aliphatic rings. The number of carbonyl (C=O) groups excluding carboxylic acids is 1. The monoisotopic (exact) mass is 406 g/mol. The van der Waals surface area contributed by atoms with Crippen molar-refractivity contribution in [1.82, 2.24) is 9.97 Å². The van der Waals surface area contributed by atoms with Gasteiger partial charge in [-0.05, 0) is 48.1 Å². The third-order valence-electron chi connectivity index (χ3n) is 6.62. The lowest BCUT2D eigenvalue weighted by molar-refractivity contribution is -0.121. The van der Waals surface area contributed by atoms with Gasteiger partial charge in [0.2, 0.25) is 5.95 Å². The lowest BCUT2D eigenvalue weighted by Gasteiger charge is -2.47. The van der Waals surface area contributed by atoms with Gasteiger partial charge < -0.3 is 5.32 Å². The van der Waals surface area contributed by atoms with Crippen LogP contribution in [0.3, 0.4) is 0 Å². The second-order valence-electron chi connectivity index (χ2n) is 8.26. The van der Waals surface area contributed by atoms with Crippen LogP contribution in [0.5, 0.6) is 0 Å². The number of anilines is 2. The van der Waals surface area contributed by atoms with Gasteiger partial charge in [0.15, 0.2) is 5.78 Å². The summed E-state index contributed by atoms with van der Waals surface area (Å²) in [6, 6.07) is 22.1. The Bertz CT molecular complexity index is 1210. The van der Waals surface area contributed by atoms with E-state index in [1.54, 1.807) is 0 Å². The van der Waals surface area contributed by atoms with E-state index in [-0.39, 0.29) is 23.2 Å². The molecule has 2 aromatic carbocycles. The molecule has 1 heterocycles. The van der Waals surface area contributed by atoms with Gasteiger partial charge >= 0.3 is 0 Å². The van der Waals surface area contributed by atoms with Crippen LogP contribution in [0.4, 0.5) is 11.6 Å². The predicted molar refractivity (Wildman–Crippen MR) is 119 cm³/mol. The lowest BCUT2D eigenvalue weighted by atomic mass is 9.54. The number of nitrogens with zero attached hydrogens (tertiary/aromatic N) is 3. The number of aromatic nitrogens is 2. The maximum absolute atomic E-state index is 12.9. The van der Waals surface area contributed by atoms with E-state index in [1.807, 2.05) is 67.7 Å². The summed E-state index contributed by atoms with van der Waals surface area (Å²) in [6.45, 7) is 1.95. The molecule has 0 unspecified atom stereocenters. The number of ketones is 1. The molecule has 0 bridgehead atoms. The molecule has 152 valence electrons. The van der Waals surface area contributed by atoms with Crippen molar-refractivity contribution in [2.45, 2.75) is 25.2 Å². The molecule has 0 aliphatic heterocycles. The van der Waals surface area contributed by atoms with Crippen molar-refractivity contribution in [2.24, 2.45) is 11.8 Å². The fourth-order valence-electron chi connectivity index (χ4n) is 5.15. The first-order valence-electron chi connectivity index (χ1n) is 10.5. The molecule has 0 radical (unpaired) electrons. The molecule has 1 aromatic heterocycles. The Hall–Kier alpha value is -3.78. The van der Waals surface area contributed by atoms with Crippen LogP contribution in [-0.4, -0.2) is 15.8 Å². The zero-order valence-electron chi connectivity index (χ0n) is 17.2. The Balaban J connectivity index is 1.74. The van der Waals surface area contributed by atoms with E-state index in [2.05, 4.69) is 28.5 Å². The Morgan fingerprint density at radius 3 is 2.52 bits per heavy atom. The quantitative estimate of drug-likeness (QED) is 0.680. The van der Waals surface area contributed by atoms with E-state index in [1.165, 1.54) is 0 Å². The standard InChI is InChI=1S/C26H22N4O/c1-17-22-13-12-18-16-28-25(29-21-10-6-3-7-11-21)30-24(18)26(22,14-19(15-27)23(17)31)20-8-4-2-5-9-20/h2-11,14,16-17,22H,12-13H2,1H3,(H,28,29,30)/t17-,22-,26+/m0/s1. The van der Waals surface area contributed by atoms with Crippen molar-refractivity contribution in [2.75, 3.05) is 5.32 Å². The van der Waals surface area contributed by atoms with Crippen molar-refractivity contribution < 1.29 is 4.79 Å². The van der Waals surface area contributed by atoms with Crippen molar-refractivity contribution in [3.05, 3.63) is 95.3 Å². The number of rotatable bonds is 3. The average molecular weight is 406 g/mol. The molecular formula is C26H22N4O. The largest absolute Gasteiger partial charge is 0.324 e. The van der Waals surface area contributed by atoms with E-state index < -0.39 is 5.41 Å². The van der Waals surface area contributed by atoms with Gasteiger partial charge in [-0.1, -0.05) is 55.5 Å². The van der Waals surface area contributed by atoms with E-state index in [9.17, 15) is 10.1 Å². The topological polar surface area (TPSA) is 78.7 Å². The third kappa shape index (κ3) is 3.03. The van der Waals surface area contributed by atoms with Gasteiger partial charge in [0.05, 0.1) is 16.7 Å². The number of carbonyl (C=O) groups is 1. The van der Waals surface area contributed by atoms with Crippen LogP contribution in [0.2, 0.25) is 0 Å². The zero-order chi connectivity index (χ0) is 21.4. The summed E-state index contributed by atoms with van der Waals surface area (Å²) in [5.41, 5.74) is 3.49.